The molecule has 20 heavy (non-hydrogen) atoms. The summed E-state index contributed by atoms with van der Waals surface area (Å²) in [6.45, 7) is -1.16. The molecule has 8 nitrogen and oxygen atoms in total. The molecule has 0 aliphatic carbocycles. The van der Waals surface area contributed by atoms with Gasteiger partial charge < -0.3 is 20.8 Å². The molecule has 2 atom stereocenters. The lowest BCUT2D eigenvalue weighted by Crippen LogP contribution is -2.42. The molecule has 4 N–H and O–H groups in total. The maximum absolute atomic E-state index is 11.0. The minimum Gasteiger partial charge on any atom is -0.480 e. The number of carboxylic acid groups (broad SMARTS) is 2. The minimum absolute atomic E-state index is 0.0233. The fourth-order valence-corrected chi connectivity index (χ4v) is 3.28. The van der Waals surface area contributed by atoms with Crippen molar-refractivity contribution in [3.8, 4) is 0 Å². The summed E-state index contributed by atoms with van der Waals surface area (Å²) < 4.78 is 13.6. The van der Waals surface area contributed by atoms with E-state index >= 15 is 0 Å². The number of carbonyl (C=O) groups excluding carboxylic acids is 2. The van der Waals surface area contributed by atoms with Crippen LogP contribution >= 0.6 is 21.6 Å². The highest BCUT2D eigenvalue weighted by Crippen LogP contribution is 2.23. The zero-order chi connectivity index (χ0) is 17.1. The molecule has 0 heterocycles. The quantitative estimate of drug-likeness (QED) is 0.331. The van der Waals surface area contributed by atoms with Crippen molar-refractivity contribution in [2.24, 2.45) is 0 Å². The summed E-state index contributed by atoms with van der Waals surface area (Å²) in [6, 6.07) is -2.36. The molecular weight excluding hydrogens is 308 g/mol. The highest BCUT2D eigenvalue weighted by atomic mass is 33.1. The average molecular weight is 326 g/mol. The van der Waals surface area contributed by atoms with E-state index < -0.39 is 49.6 Å². The van der Waals surface area contributed by atoms with Gasteiger partial charge in [-0.3, -0.25) is 9.59 Å². The number of amides is 2. The molecule has 0 aliphatic rings. The second-order valence-corrected chi connectivity index (χ2v) is 6.04. The smallest absolute Gasteiger partial charge is 0.327 e. The third-order valence-electron chi connectivity index (χ3n) is 1.82. The number of hydrogen-bond donors (Lipinski definition) is 4. The van der Waals surface area contributed by atoms with Crippen molar-refractivity contribution < 1.29 is 32.1 Å². The Kier molecular flexibility index (Phi) is 7.10. The van der Waals surface area contributed by atoms with Crippen LogP contribution in [0.4, 0.5) is 0 Å². The van der Waals surface area contributed by atoms with E-state index in [2.05, 4.69) is 10.6 Å². The van der Waals surface area contributed by atoms with Gasteiger partial charge in [-0.1, -0.05) is 21.6 Å². The van der Waals surface area contributed by atoms with E-state index in [-0.39, 0.29) is 11.5 Å². The van der Waals surface area contributed by atoms with Gasteiger partial charge >= 0.3 is 11.9 Å². The molecule has 0 aromatic rings. The Hall–Kier alpha value is -1.42. The van der Waals surface area contributed by atoms with Crippen LogP contribution in [0.15, 0.2) is 0 Å². The van der Waals surface area contributed by atoms with Crippen LogP contribution in [-0.4, -0.2) is 57.6 Å². The predicted octanol–water partition coefficient (Wildman–Crippen LogP) is -0.454. The Labute approximate surface area is 126 Å². The topological polar surface area (TPSA) is 133 Å². The van der Waals surface area contributed by atoms with E-state index in [4.69, 9.17) is 13.0 Å². The van der Waals surface area contributed by atoms with Gasteiger partial charge in [0.1, 0.15) is 12.1 Å². The number of nitrogens with one attached hydrogen (secondary N) is 2. The van der Waals surface area contributed by atoms with Crippen LogP contribution in [0, 0.1) is 0 Å². The molecule has 0 rings (SSSR count). The Balaban J connectivity index is 4.24. The maximum atomic E-state index is 11.0. The highest BCUT2D eigenvalue weighted by Gasteiger charge is 2.21. The molecule has 10 heteroatoms. The van der Waals surface area contributed by atoms with Gasteiger partial charge in [-0.15, -0.1) is 0 Å². The first-order valence-electron chi connectivity index (χ1n) is 6.60. The lowest BCUT2D eigenvalue weighted by atomic mass is 10.3. The van der Waals surface area contributed by atoms with Crippen molar-refractivity contribution in [2.75, 3.05) is 11.5 Å². The molecule has 2 amide bonds. The Morgan fingerprint density at radius 3 is 1.55 bits per heavy atom. The lowest BCUT2D eigenvalue weighted by Gasteiger charge is -2.14. The number of hydrogen-bond acceptors (Lipinski definition) is 6. The van der Waals surface area contributed by atoms with Crippen LogP contribution < -0.4 is 10.6 Å². The first-order chi connectivity index (χ1) is 10.3. The molecule has 0 fully saturated rings. The predicted molar refractivity (Wildman–Crippen MR) is 75.4 cm³/mol. The van der Waals surface area contributed by atoms with Gasteiger partial charge in [0, 0.05) is 28.0 Å². The molecule has 0 aliphatic heterocycles. The van der Waals surface area contributed by atoms with Crippen molar-refractivity contribution in [3.05, 3.63) is 0 Å². The third-order valence-corrected chi connectivity index (χ3v) is 4.24. The van der Waals surface area contributed by atoms with Crippen LogP contribution in [0.5, 0.6) is 0 Å². The molecule has 0 unspecified atom stereocenters. The summed E-state index contributed by atoms with van der Waals surface area (Å²) in [6.07, 6.45) is 0. The molecular formula is C10H16N2O6S2. The van der Waals surface area contributed by atoms with Gasteiger partial charge in [0.25, 0.3) is 0 Å². The molecule has 0 spiro atoms. The molecule has 0 saturated heterocycles. The summed E-state index contributed by atoms with van der Waals surface area (Å²) >= 11 is 0. The SMILES string of the molecule is [2H]CC(=O)N[C@@H](CSSC[C@H](NC(=O)C[2H])C(=O)O)C(=O)O. The molecule has 0 radical (unpaired) electrons. The first kappa shape index (κ1) is 15.0. The Bertz CT molecular complexity index is 388. The molecule has 0 aromatic heterocycles. The van der Waals surface area contributed by atoms with Crippen molar-refractivity contribution in [2.45, 2.75) is 25.9 Å². The van der Waals surface area contributed by atoms with Crippen molar-refractivity contribution >= 4 is 45.3 Å². The largest absolute Gasteiger partial charge is 0.480 e. The molecule has 114 valence electrons. The number of carbonyl (C=O) groups is 4. The summed E-state index contributed by atoms with van der Waals surface area (Å²) in [4.78, 5) is 43.8. The summed E-state index contributed by atoms with van der Waals surface area (Å²) in [5, 5.41) is 22.1. The summed E-state index contributed by atoms with van der Waals surface area (Å²) in [7, 11) is 2.04. The van der Waals surface area contributed by atoms with E-state index in [1.807, 2.05) is 0 Å². The second kappa shape index (κ2) is 9.48. The van der Waals surface area contributed by atoms with E-state index in [0.717, 1.165) is 21.6 Å². The summed E-state index contributed by atoms with van der Waals surface area (Å²) in [5.41, 5.74) is 0. The fourth-order valence-electron chi connectivity index (χ4n) is 0.970. The van der Waals surface area contributed by atoms with E-state index in [9.17, 15) is 19.2 Å². The molecule has 0 bridgehead atoms. The van der Waals surface area contributed by atoms with Crippen molar-refractivity contribution in [1.82, 2.24) is 10.6 Å². The first-order valence-corrected chi connectivity index (χ1v) is 7.67. The van der Waals surface area contributed by atoms with E-state index in [0.29, 0.717) is 0 Å². The van der Waals surface area contributed by atoms with Crippen LogP contribution in [0.3, 0.4) is 0 Å². The zero-order valence-electron chi connectivity index (χ0n) is 12.3. The second-order valence-electron chi connectivity index (χ2n) is 3.49. The van der Waals surface area contributed by atoms with E-state index in [1.54, 1.807) is 0 Å². The van der Waals surface area contributed by atoms with Crippen molar-refractivity contribution in [3.63, 3.8) is 0 Å². The number of aliphatic carboxylic acids is 2. The van der Waals surface area contributed by atoms with Gasteiger partial charge in [0.15, 0.2) is 0 Å². The highest BCUT2D eigenvalue weighted by molar-refractivity contribution is 8.76. The van der Waals surface area contributed by atoms with Crippen molar-refractivity contribution in [1.29, 1.82) is 0 Å². The number of carboxylic acids is 2. The molecule has 0 saturated carbocycles. The fraction of sp³-hybridized carbons (Fsp3) is 0.600. The monoisotopic (exact) mass is 326 g/mol. The van der Waals surface area contributed by atoms with Gasteiger partial charge in [-0.05, 0) is 0 Å². The van der Waals surface area contributed by atoms with Crippen LogP contribution in [-0.2, 0) is 19.2 Å². The minimum atomic E-state index is -1.26. The standard InChI is InChI=1S/C10H16N2O6S2/c1-5(13)11-7(9(15)16)3-19-20-4-8(10(17)18)12-6(2)14/h7-8H,3-4H2,1-2H3,(H,11,13)(H,12,14)(H,15,16)(H,17,18)/t7-,8-/m0/s1/i1D,2D. The Morgan fingerprint density at radius 2 is 1.30 bits per heavy atom. The van der Waals surface area contributed by atoms with E-state index in [1.165, 1.54) is 0 Å². The summed E-state index contributed by atoms with van der Waals surface area (Å²) in [5.74, 6) is -4.00. The van der Waals surface area contributed by atoms with Gasteiger partial charge in [-0.25, -0.2) is 9.59 Å². The lowest BCUT2D eigenvalue weighted by molar-refractivity contribution is -0.141. The van der Waals surface area contributed by atoms with Gasteiger partial charge in [0.05, 0.1) is 0 Å². The third kappa shape index (κ3) is 8.64. The zero-order valence-corrected chi connectivity index (χ0v) is 12.0. The van der Waals surface area contributed by atoms with Crippen LogP contribution in [0.25, 0.3) is 0 Å². The average Bonchev–Trinajstić information content (AvgIpc) is 2.47. The number of rotatable bonds is 9. The van der Waals surface area contributed by atoms with Gasteiger partial charge in [-0.2, -0.15) is 0 Å². The van der Waals surface area contributed by atoms with Crippen LogP contribution in [0.2, 0.25) is 0 Å². The van der Waals surface area contributed by atoms with Crippen LogP contribution in [0.1, 0.15) is 16.5 Å². The Morgan fingerprint density at radius 1 is 0.950 bits per heavy atom. The maximum Gasteiger partial charge on any atom is 0.327 e. The van der Waals surface area contributed by atoms with Gasteiger partial charge in [0.2, 0.25) is 11.8 Å². The molecule has 0 aromatic carbocycles. The normalized spacial score (nSPS) is 14.4.